The third kappa shape index (κ3) is 3.96. The zero-order chi connectivity index (χ0) is 18.0. The number of likely N-dealkylation sites (tertiary alicyclic amines) is 1. The standard InChI is InChI=1S/C19H22N2O2S2/c1-3-13-8-10-21(11-9-13)17(22)15-6-4-14(5-7-15)12-16-18(23)20(2)19(24)25-16/h4-7,12-13H,3,8-11H2,1-2H3/b16-12-. The van der Waals surface area contributed by atoms with Gasteiger partial charge in [-0.2, -0.15) is 0 Å². The Labute approximate surface area is 158 Å². The minimum Gasteiger partial charge on any atom is -0.339 e. The van der Waals surface area contributed by atoms with Crippen molar-refractivity contribution in [2.75, 3.05) is 20.1 Å². The van der Waals surface area contributed by atoms with Crippen LogP contribution in [0.4, 0.5) is 0 Å². The van der Waals surface area contributed by atoms with Gasteiger partial charge in [0.25, 0.3) is 11.8 Å². The van der Waals surface area contributed by atoms with Crippen LogP contribution in [-0.2, 0) is 4.79 Å². The molecule has 2 amide bonds. The van der Waals surface area contributed by atoms with E-state index < -0.39 is 0 Å². The van der Waals surface area contributed by atoms with Gasteiger partial charge in [0.1, 0.15) is 4.32 Å². The number of piperidine rings is 1. The summed E-state index contributed by atoms with van der Waals surface area (Å²) in [5, 5.41) is 0. The Balaban J connectivity index is 1.67. The molecule has 3 rings (SSSR count). The Bertz CT molecular complexity index is 719. The van der Waals surface area contributed by atoms with Crippen LogP contribution in [0.25, 0.3) is 6.08 Å². The SMILES string of the molecule is CCC1CCN(C(=O)c2ccc(/C=C3\SC(=S)N(C)C3=O)cc2)CC1. The minimum atomic E-state index is -0.0750. The van der Waals surface area contributed by atoms with Crippen molar-refractivity contribution >= 4 is 46.2 Å². The van der Waals surface area contributed by atoms with Crippen LogP contribution in [0, 0.1) is 5.92 Å². The molecule has 1 aromatic rings. The lowest BCUT2D eigenvalue weighted by atomic mass is 9.94. The van der Waals surface area contributed by atoms with Gasteiger partial charge < -0.3 is 4.90 Å². The molecule has 0 radical (unpaired) electrons. The lowest BCUT2D eigenvalue weighted by Crippen LogP contribution is -2.38. The van der Waals surface area contributed by atoms with Crippen LogP contribution in [0.15, 0.2) is 29.2 Å². The fourth-order valence-corrected chi connectivity index (χ4v) is 4.33. The second-order valence-electron chi connectivity index (χ2n) is 6.51. The second kappa shape index (κ2) is 7.70. The molecule has 0 unspecified atom stereocenters. The van der Waals surface area contributed by atoms with Crippen molar-refractivity contribution in [3.8, 4) is 0 Å². The highest BCUT2D eigenvalue weighted by molar-refractivity contribution is 8.26. The molecule has 4 nitrogen and oxygen atoms in total. The number of thioether (sulfide) groups is 1. The summed E-state index contributed by atoms with van der Waals surface area (Å²) in [4.78, 5) is 28.7. The highest BCUT2D eigenvalue weighted by Crippen LogP contribution is 2.31. The molecule has 6 heteroatoms. The number of thiocarbonyl (C=S) groups is 1. The zero-order valence-corrected chi connectivity index (χ0v) is 16.2. The van der Waals surface area contributed by atoms with Gasteiger partial charge in [0.15, 0.2) is 0 Å². The number of amides is 2. The monoisotopic (exact) mass is 374 g/mol. The van der Waals surface area contributed by atoms with E-state index in [9.17, 15) is 9.59 Å². The van der Waals surface area contributed by atoms with Crippen LogP contribution in [-0.4, -0.2) is 46.1 Å². The fourth-order valence-electron chi connectivity index (χ4n) is 3.15. The number of rotatable bonds is 3. The smallest absolute Gasteiger partial charge is 0.265 e. The third-order valence-corrected chi connectivity index (χ3v) is 6.41. The first-order valence-corrected chi connectivity index (χ1v) is 9.83. The molecule has 0 bridgehead atoms. The van der Waals surface area contributed by atoms with Crippen LogP contribution in [0.1, 0.15) is 42.1 Å². The topological polar surface area (TPSA) is 40.6 Å². The quantitative estimate of drug-likeness (QED) is 0.596. The van der Waals surface area contributed by atoms with E-state index in [1.54, 1.807) is 7.05 Å². The summed E-state index contributed by atoms with van der Waals surface area (Å²) in [5.74, 6) is 0.777. The van der Waals surface area contributed by atoms with E-state index in [2.05, 4.69) is 6.92 Å². The van der Waals surface area contributed by atoms with Crippen LogP contribution in [0.5, 0.6) is 0 Å². The van der Waals surface area contributed by atoms with Crippen LogP contribution >= 0.6 is 24.0 Å². The Kier molecular flexibility index (Phi) is 5.59. The van der Waals surface area contributed by atoms with E-state index in [0.717, 1.165) is 37.4 Å². The zero-order valence-electron chi connectivity index (χ0n) is 14.5. The lowest BCUT2D eigenvalue weighted by molar-refractivity contribution is -0.121. The summed E-state index contributed by atoms with van der Waals surface area (Å²) in [7, 11) is 1.68. The van der Waals surface area contributed by atoms with Crippen molar-refractivity contribution in [2.24, 2.45) is 5.92 Å². The molecule has 2 fully saturated rings. The molecule has 132 valence electrons. The van der Waals surface area contributed by atoms with Gasteiger partial charge in [-0.15, -0.1) is 0 Å². The van der Waals surface area contributed by atoms with Gasteiger partial charge in [-0.3, -0.25) is 14.5 Å². The van der Waals surface area contributed by atoms with Crippen molar-refractivity contribution in [2.45, 2.75) is 26.2 Å². The average Bonchev–Trinajstić information content (AvgIpc) is 2.88. The van der Waals surface area contributed by atoms with E-state index in [0.29, 0.717) is 14.8 Å². The molecule has 0 aromatic heterocycles. The highest BCUT2D eigenvalue weighted by Gasteiger charge is 2.28. The largest absolute Gasteiger partial charge is 0.339 e. The molecule has 0 spiro atoms. The normalized spacial score (nSPS) is 20.6. The van der Waals surface area contributed by atoms with Crippen molar-refractivity contribution < 1.29 is 9.59 Å². The van der Waals surface area contributed by atoms with Crippen LogP contribution in [0.3, 0.4) is 0 Å². The number of carbonyl (C=O) groups is 2. The van der Waals surface area contributed by atoms with Crippen molar-refractivity contribution in [3.05, 3.63) is 40.3 Å². The Morgan fingerprint density at radius 2 is 1.92 bits per heavy atom. The molecule has 2 aliphatic heterocycles. The summed E-state index contributed by atoms with van der Waals surface area (Å²) in [5.41, 5.74) is 1.60. The molecule has 2 heterocycles. The summed E-state index contributed by atoms with van der Waals surface area (Å²) in [6.07, 6.45) is 5.21. The van der Waals surface area contributed by atoms with E-state index in [-0.39, 0.29) is 11.8 Å². The number of likely N-dealkylation sites (N-methyl/N-ethyl adjacent to an activating group) is 1. The Hall–Kier alpha value is -1.66. The van der Waals surface area contributed by atoms with Gasteiger partial charge in [0, 0.05) is 25.7 Å². The number of nitrogens with zero attached hydrogens (tertiary/aromatic N) is 2. The number of hydrogen-bond acceptors (Lipinski definition) is 4. The highest BCUT2D eigenvalue weighted by atomic mass is 32.2. The van der Waals surface area contributed by atoms with Gasteiger partial charge in [0.2, 0.25) is 0 Å². The van der Waals surface area contributed by atoms with Crippen molar-refractivity contribution in [1.29, 1.82) is 0 Å². The molecule has 0 aliphatic carbocycles. The lowest BCUT2D eigenvalue weighted by Gasteiger charge is -2.31. The number of benzene rings is 1. The van der Waals surface area contributed by atoms with Gasteiger partial charge in [-0.05, 0) is 42.5 Å². The number of carbonyl (C=O) groups excluding carboxylic acids is 2. The Morgan fingerprint density at radius 3 is 2.44 bits per heavy atom. The van der Waals surface area contributed by atoms with E-state index >= 15 is 0 Å². The summed E-state index contributed by atoms with van der Waals surface area (Å²) in [6.45, 7) is 3.91. The molecular weight excluding hydrogens is 352 g/mol. The van der Waals surface area contributed by atoms with Gasteiger partial charge in [-0.1, -0.05) is 49.5 Å². The average molecular weight is 375 g/mol. The summed E-state index contributed by atoms with van der Waals surface area (Å²) < 4.78 is 0.568. The predicted octanol–water partition coefficient (Wildman–Crippen LogP) is 3.78. The Morgan fingerprint density at radius 1 is 1.28 bits per heavy atom. The fraction of sp³-hybridized carbons (Fsp3) is 0.421. The molecule has 0 atom stereocenters. The molecule has 2 saturated heterocycles. The van der Waals surface area contributed by atoms with Crippen LogP contribution < -0.4 is 0 Å². The molecule has 0 N–H and O–H groups in total. The van der Waals surface area contributed by atoms with Crippen molar-refractivity contribution in [1.82, 2.24) is 9.80 Å². The van der Waals surface area contributed by atoms with E-state index in [1.807, 2.05) is 35.2 Å². The first-order valence-electron chi connectivity index (χ1n) is 8.60. The van der Waals surface area contributed by atoms with Crippen molar-refractivity contribution in [3.63, 3.8) is 0 Å². The first-order chi connectivity index (χ1) is 12.0. The molecule has 0 saturated carbocycles. The molecular formula is C19H22N2O2S2. The maximum absolute atomic E-state index is 12.6. The van der Waals surface area contributed by atoms with Gasteiger partial charge in [0.05, 0.1) is 4.91 Å². The maximum atomic E-state index is 12.6. The van der Waals surface area contributed by atoms with Gasteiger partial charge >= 0.3 is 0 Å². The third-order valence-electron chi connectivity index (χ3n) is 4.92. The molecule has 25 heavy (non-hydrogen) atoms. The van der Waals surface area contributed by atoms with E-state index in [4.69, 9.17) is 12.2 Å². The maximum Gasteiger partial charge on any atom is 0.265 e. The molecule has 1 aromatic carbocycles. The molecule has 2 aliphatic rings. The predicted molar refractivity (Wildman–Crippen MR) is 106 cm³/mol. The number of hydrogen-bond donors (Lipinski definition) is 0. The second-order valence-corrected chi connectivity index (χ2v) is 8.18. The summed E-state index contributed by atoms with van der Waals surface area (Å²) >= 11 is 6.44. The van der Waals surface area contributed by atoms with E-state index in [1.165, 1.54) is 23.1 Å². The first kappa shape index (κ1) is 18.1. The summed E-state index contributed by atoms with van der Waals surface area (Å²) in [6, 6.07) is 7.45. The minimum absolute atomic E-state index is 0.0750. The van der Waals surface area contributed by atoms with Crippen LogP contribution in [0.2, 0.25) is 0 Å². The van der Waals surface area contributed by atoms with Gasteiger partial charge in [-0.25, -0.2) is 0 Å².